The van der Waals surface area contributed by atoms with E-state index in [2.05, 4.69) is 79.2 Å². The van der Waals surface area contributed by atoms with E-state index in [1.165, 1.54) is 24.1 Å². The Hall–Kier alpha value is -1.69. The molecule has 4 heterocycles. The van der Waals surface area contributed by atoms with E-state index in [1.807, 2.05) is 0 Å². The third kappa shape index (κ3) is 3.20. The molecule has 5 rings (SSSR count). The number of likely N-dealkylation sites (tertiary alicyclic amines) is 1. The number of halogens is 1. The number of imidazole rings is 1. The minimum Gasteiger partial charge on any atom is -0.309 e. The number of fused-ring (bicyclic) bond motifs is 3. The predicted octanol–water partition coefficient (Wildman–Crippen LogP) is 4.34. The van der Waals surface area contributed by atoms with E-state index in [0.717, 1.165) is 35.4 Å². The van der Waals surface area contributed by atoms with Gasteiger partial charge in [-0.2, -0.15) is 0 Å². The molecule has 1 N–H and O–H groups in total. The van der Waals surface area contributed by atoms with E-state index < -0.39 is 0 Å². The number of piperazine rings is 1. The first-order valence-corrected chi connectivity index (χ1v) is 9.76. The quantitative estimate of drug-likeness (QED) is 0.694. The minimum atomic E-state index is 0. The van der Waals surface area contributed by atoms with Gasteiger partial charge in [-0.25, -0.2) is 4.98 Å². The van der Waals surface area contributed by atoms with Crippen LogP contribution in [0.3, 0.4) is 0 Å². The van der Waals surface area contributed by atoms with Gasteiger partial charge in [0, 0.05) is 48.0 Å². The lowest BCUT2D eigenvalue weighted by atomic mass is 10.1. The van der Waals surface area contributed by atoms with Crippen molar-refractivity contribution in [2.75, 3.05) is 13.1 Å². The molecule has 2 atom stereocenters. The summed E-state index contributed by atoms with van der Waals surface area (Å²) in [4.78, 5) is 7.53. The Morgan fingerprint density at radius 3 is 2.50 bits per heavy atom. The van der Waals surface area contributed by atoms with Crippen molar-refractivity contribution >= 4 is 21.6 Å². The monoisotopic (exact) mass is 412 g/mol. The summed E-state index contributed by atoms with van der Waals surface area (Å²) in [5, 5.41) is 3.72. The second-order valence-electron chi connectivity index (χ2n) is 7.17. The molecule has 0 radical (unpaired) electrons. The molecule has 1 aromatic carbocycles. The van der Waals surface area contributed by atoms with Gasteiger partial charge in [-0.15, -0.1) is 0 Å². The van der Waals surface area contributed by atoms with Crippen molar-refractivity contribution in [1.29, 1.82) is 0 Å². The largest absolute Gasteiger partial charge is 0.309 e. The molecule has 0 spiro atoms. The van der Waals surface area contributed by atoms with Crippen LogP contribution in [0.4, 0.5) is 0 Å². The predicted molar refractivity (Wildman–Crippen MR) is 110 cm³/mol. The first-order chi connectivity index (χ1) is 12.3. The summed E-state index contributed by atoms with van der Waals surface area (Å²) in [6.45, 7) is 3.22. The highest BCUT2D eigenvalue weighted by atomic mass is 79.9. The van der Waals surface area contributed by atoms with Crippen LogP contribution < -0.4 is 5.32 Å². The summed E-state index contributed by atoms with van der Waals surface area (Å²) < 4.78 is 3.35. The number of aromatic nitrogens is 2. The van der Waals surface area contributed by atoms with E-state index in [4.69, 9.17) is 4.98 Å². The van der Waals surface area contributed by atoms with Crippen molar-refractivity contribution in [3.63, 3.8) is 0 Å². The molecule has 4 nitrogen and oxygen atoms in total. The first-order valence-electron chi connectivity index (χ1n) is 8.96. The molecule has 0 saturated carbocycles. The number of rotatable bonds is 3. The molecule has 3 aromatic rings. The summed E-state index contributed by atoms with van der Waals surface area (Å²) in [5.74, 6) is 0. The standard InChI is InChI=1S/C20H21BrN4.CH4/c21-15-6-4-14(5-7-15)20-18(25-10-2-1-3-19(25)23-20)13-24-11-16-8-9-17(12-24)22-16;/h1-7,10,16-17,22H,8-9,11-13H2;1H4. The molecular weight excluding hydrogens is 388 g/mol. The minimum absolute atomic E-state index is 0. The fraction of sp³-hybridized carbons (Fsp3) is 0.381. The lowest BCUT2D eigenvalue weighted by molar-refractivity contribution is 0.187. The second kappa shape index (κ2) is 7.14. The number of nitrogens with one attached hydrogen (secondary N) is 1. The zero-order chi connectivity index (χ0) is 16.8. The van der Waals surface area contributed by atoms with Gasteiger partial charge in [0.2, 0.25) is 0 Å². The van der Waals surface area contributed by atoms with Crippen molar-refractivity contribution in [2.45, 2.75) is 38.9 Å². The van der Waals surface area contributed by atoms with Gasteiger partial charge in [-0.3, -0.25) is 4.90 Å². The van der Waals surface area contributed by atoms with Crippen LogP contribution in [0, 0.1) is 0 Å². The van der Waals surface area contributed by atoms with Crippen molar-refractivity contribution < 1.29 is 0 Å². The number of nitrogens with zero attached hydrogens (tertiary/aromatic N) is 3. The Balaban J connectivity index is 0.00000168. The molecule has 2 bridgehead atoms. The molecular formula is C21H25BrN4. The van der Waals surface area contributed by atoms with Gasteiger partial charge in [0.25, 0.3) is 0 Å². The first kappa shape index (κ1) is 17.7. The number of hydrogen-bond acceptors (Lipinski definition) is 3. The maximum Gasteiger partial charge on any atom is 0.137 e. The van der Waals surface area contributed by atoms with Gasteiger partial charge in [-0.05, 0) is 37.1 Å². The summed E-state index contributed by atoms with van der Waals surface area (Å²) >= 11 is 3.53. The Kier molecular flexibility index (Phi) is 4.86. The molecule has 2 saturated heterocycles. The van der Waals surface area contributed by atoms with Crippen molar-refractivity contribution in [3.8, 4) is 11.3 Å². The second-order valence-corrected chi connectivity index (χ2v) is 8.09. The van der Waals surface area contributed by atoms with E-state index in [9.17, 15) is 0 Å². The Bertz CT molecular complexity index is 890. The van der Waals surface area contributed by atoms with Gasteiger partial charge < -0.3 is 9.72 Å². The van der Waals surface area contributed by atoms with Gasteiger partial charge in [-0.1, -0.05) is 41.6 Å². The summed E-state index contributed by atoms with van der Waals surface area (Å²) in [7, 11) is 0. The Labute approximate surface area is 163 Å². The molecule has 2 aliphatic heterocycles. The molecule has 2 unspecified atom stereocenters. The summed E-state index contributed by atoms with van der Waals surface area (Å²) in [6.07, 6.45) is 4.76. The number of hydrogen-bond donors (Lipinski definition) is 1. The molecule has 136 valence electrons. The highest BCUT2D eigenvalue weighted by molar-refractivity contribution is 9.10. The molecule has 26 heavy (non-hydrogen) atoms. The molecule has 0 aliphatic carbocycles. The average Bonchev–Trinajstić information content (AvgIpc) is 3.16. The van der Waals surface area contributed by atoms with Gasteiger partial charge in [0.05, 0.1) is 11.4 Å². The molecule has 2 aliphatic rings. The van der Waals surface area contributed by atoms with Crippen LogP contribution in [0.15, 0.2) is 53.1 Å². The van der Waals surface area contributed by atoms with Gasteiger partial charge in [0.15, 0.2) is 0 Å². The van der Waals surface area contributed by atoms with Crippen LogP contribution in [0.1, 0.15) is 26.0 Å². The van der Waals surface area contributed by atoms with Crippen molar-refractivity contribution in [3.05, 3.63) is 58.8 Å². The maximum absolute atomic E-state index is 4.94. The highest BCUT2D eigenvalue weighted by Crippen LogP contribution is 2.28. The van der Waals surface area contributed by atoms with E-state index in [-0.39, 0.29) is 7.43 Å². The van der Waals surface area contributed by atoms with Crippen LogP contribution in [0.2, 0.25) is 0 Å². The van der Waals surface area contributed by atoms with Crippen LogP contribution in [-0.2, 0) is 6.54 Å². The third-order valence-corrected chi connectivity index (χ3v) is 5.94. The van der Waals surface area contributed by atoms with Crippen LogP contribution in [0.25, 0.3) is 16.9 Å². The third-order valence-electron chi connectivity index (χ3n) is 5.41. The number of pyridine rings is 1. The zero-order valence-electron chi connectivity index (χ0n) is 14.0. The van der Waals surface area contributed by atoms with Gasteiger partial charge in [0.1, 0.15) is 5.65 Å². The fourth-order valence-electron chi connectivity index (χ4n) is 4.27. The normalized spacial score (nSPS) is 22.5. The molecule has 2 aromatic heterocycles. The zero-order valence-corrected chi connectivity index (χ0v) is 15.6. The van der Waals surface area contributed by atoms with Crippen molar-refractivity contribution in [1.82, 2.24) is 19.6 Å². The van der Waals surface area contributed by atoms with Crippen molar-refractivity contribution in [2.24, 2.45) is 0 Å². The SMILES string of the molecule is Brc1ccc(-c2nc3ccccn3c2CN2CC3CCC(C2)N3)cc1.C. The summed E-state index contributed by atoms with van der Waals surface area (Å²) in [5.41, 5.74) is 4.59. The van der Waals surface area contributed by atoms with Crippen LogP contribution in [-0.4, -0.2) is 39.5 Å². The molecule has 5 heteroatoms. The highest BCUT2D eigenvalue weighted by Gasteiger charge is 2.32. The van der Waals surface area contributed by atoms with E-state index in [1.54, 1.807) is 0 Å². The smallest absolute Gasteiger partial charge is 0.137 e. The molecule has 2 fully saturated rings. The lowest BCUT2D eigenvalue weighted by Crippen LogP contribution is -2.50. The van der Waals surface area contributed by atoms with E-state index >= 15 is 0 Å². The molecule has 0 amide bonds. The van der Waals surface area contributed by atoms with Crippen LogP contribution >= 0.6 is 15.9 Å². The Morgan fingerprint density at radius 2 is 1.77 bits per heavy atom. The van der Waals surface area contributed by atoms with Gasteiger partial charge >= 0.3 is 0 Å². The fourth-order valence-corrected chi connectivity index (χ4v) is 4.53. The number of benzene rings is 1. The maximum atomic E-state index is 4.94. The topological polar surface area (TPSA) is 32.6 Å². The Morgan fingerprint density at radius 1 is 1.04 bits per heavy atom. The average molecular weight is 413 g/mol. The van der Waals surface area contributed by atoms with Crippen LogP contribution in [0.5, 0.6) is 0 Å². The lowest BCUT2D eigenvalue weighted by Gasteiger charge is -2.32. The summed E-state index contributed by atoms with van der Waals surface area (Å²) in [6, 6.07) is 16.0. The van der Waals surface area contributed by atoms with E-state index in [0.29, 0.717) is 12.1 Å².